The first-order chi connectivity index (χ1) is 6.36. The Hall–Kier alpha value is -0.810. The Balaban J connectivity index is 2.40. The van der Waals surface area contributed by atoms with Crippen LogP contribution >= 0.6 is 0 Å². The van der Waals surface area contributed by atoms with E-state index < -0.39 is 0 Å². The predicted octanol–water partition coefficient (Wildman–Crippen LogP) is 2.33. The van der Waals surface area contributed by atoms with Crippen LogP contribution in [0, 0.1) is 11.3 Å². The van der Waals surface area contributed by atoms with Gasteiger partial charge in [0.2, 0.25) is 0 Å². The van der Waals surface area contributed by atoms with Gasteiger partial charge in [-0.15, -0.1) is 0 Å². The van der Waals surface area contributed by atoms with Gasteiger partial charge in [0.1, 0.15) is 0 Å². The van der Waals surface area contributed by atoms with E-state index in [-0.39, 0.29) is 0 Å². The maximum absolute atomic E-state index is 8.54. The molecular weight excluding hydrogens is 160 g/mol. The van der Waals surface area contributed by atoms with Gasteiger partial charge in [-0.1, -0.05) is 12.5 Å². The summed E-state index contributed by atoms with van der Waals surface area (Å²) in [5.74, 6) is 0. The van der Waals surface area contributed by atoms with Gasteiger partial charge < -0.3 is 4.90 Å². The molecule has 0 unspecified atom stereocenters. The number of nitriles is 1. The zero-order chi connectivity index (χ0) is 9.52. The van der Waals surface area contributed by atoms with Crippen molar-refractivity contribution in [3.05, 3.63) is 11.6 Å². The first kappa shape index (κ1) is 10.3. The summed E-state index contributed by atoms with van der Waals surface area (Å²) in [6, 6.07) is 2.13. The molecule has 0 amide bonds. The molecule has 72 valence electrons. The summed E-state index contributed by atoms with van der Waals surface area (Å²) in [5, 5.41) is 8.54. The Kier molecular flexibility index (Phi) is 4.56. The van der Waals surface area contributed by atoms with Crippen LogP contribution in [0.15, 0.2) is 11.6 Å². The molecule has 0 aromatic heterocycles. The van der Waals surface area contributed by atoms with Crippen molar-refractivity contribution in [2.24, 2.45) is 0 Å². The summed E-state index contributed by atoms with van der Waals surface area (Å²) in [7, 11) is 0. The Morgan fingerprint density at radius 3 is 3.00 bits per heavy atom. The van der Waals surface area contributed by atoms with E-state index in [1.54, 1.807) is 6.08 Å². The van der Waals surface area contributed by atoms with E-state index in [1.165, 1.54) is 31.5 Å². The molecule has 0 aromatic carbocycles. The van der Waals surface area contributed by atoms with Gasteiger partial charge in [0.25, 0.3) is 0 Å². The van der Waals surface area contributed by atoms with E-state index in [4.69, 9.17) is 5.26 Å². The van der Waals surface area contributed by atoms with Crippen molar-refractivity contribution in [3.63, 3.8) is 0 Å². The van der Waals surface area contributed by atoms with E-state index in [2.05, 4.69) is 17.9 Å². The van der Waals surface area contributed by atoms with Gasteiger partial charge in [0.05, 0.1) is 6.07 Å². The largest absolute Gasteiger partial charge is 0.303 e. The third-order valence-corrected chi connectivity index (χ3v) is 2.53. The molecule has 1 saturated heterocycles. The van der Waals surface area contributed by atoms with Crippen molar-refractivity contribution >= 4 is 0 Å². The van der Waals surface area contributed by atoms with E-state index in [0.29, 0.717) is 0 Å². The second kappa shape index (κ2) is 5.77. The lowest BCUT2D eigenvalue weighted by atomic mass is 10.1. The second-order valence-corrected chi connectivity index (χ2v) is 3.63. The summed E-state index contributed by atoms with van der Waals surface area (Å²) in [6.07, 6.45) is 6.39. The Labute approximate surface area is 80.8 Å². The summed E-state index contributed by atoms with van der Waals surface area (Å²) in [6.45, 7) is 5.77. The highest BCUT2D eigenvalue weighted by molar-refractivity contribution is 5.14. The van der Waals surface area contributed by atoms with Gasteiger partial charge in [0.15, 0.2) is 0 Å². The first-order valence-corrected chi connectivity index (χ1v) is 5.16. The van der Waals surface area contributed by atoms with E-state index in [1.807, 2.05) is 0 Å². The molecule has 0 spiro atoms. The normalized spacial score (nSPS) is 22.6. The van der Waals surface area contributed by atoms with Crippen LogP contribution in [-0.2, 0) is 0 Å². The van der Waals surface area contributed by atoms with Gasteiger partial charge in [-0.3, -0.25) is 0 Å². The highest BCUT2D eigenvalue weighted by atomic mass is 15.1. The standard InChI is InChI=1S/C11H18N2/c1-2-8-13-9-3-4-11(5-7-12)6-10-13/h5H,2-4,6,8-10H2,1H3. The molecule has 1 aliphatic heterocycles. The van der Waals surface area contributed by atoms with E-state index >= 15 is 0 Å². The number of likely N-dealkylation sites (tertiary alicyclic amines) is 1. The maximum Gasteiger partial charge on any atom is 0.0911 e. The number of allylic oxidation sites excluding steroid dienone is 1. The zero-order valence-corrected chi connectivity index (χ0v) is 8.42. The maximum atomic E-state index is 8.54. The Bertz CT molecular complexity index is 213. The monoisotopic (exact) mass is 178 g/mol. The smallest absolute Gasteiger partial charge is 0.0911 e. The molecule has 1 aliphatic rings. The fourth-order valence-corrected chi connectivity index (χ4v) is 1.84. The van der Waals surface area contributed by atoms with Crippen LogP contribution in [0.1, 0.15) is 32.6 Å². The van der Waals surface area contributed by atoms with Crippen LogP contribution in [0.5, 0.6) is 0 Å². The third-order valence-electron chi connectivity index (χ3n) is 2.53. The highest BCUT2D eigenvalue weighted by Crippen LogP contribution is 2.15. The lowest BCUT2D eigenvalue weighted by Gasteiger charge is -2.17. The lowest BCUT2D eigenvalue weighted by molar-refractivity contribution is 0.287. The summed E-state index contributed by atoms with van der Waals surface area (Å²) < 4.78 is 0. The van der Waals surface area contributed by atoms with Crippen molar-refractivity contribution in [1.82, 2.24) is 4.90 Å². The SMILES string of the molecule is CCCN1CCCC(=CC#N)CC1. The quantitative estimate of drug-likeness (QED) is 0.607. The summed E-state index contributed by atoms with van der Waals surface area (Å²) >= 11 is 0. The third kappa shape index (κ3) is 3.61. The minimum atomic E-state index is 1.09. The minimum Gasteiger partial charge on any atom is -0.303 e. The number of hydrogen-bond donors (Lipinski definition) is 0. The number of rotatable bonds is 2. The van der Waals surface area contributed by atoms with Crippen molar-refractivity contribution in [3.8, 4) is 6.07 Å². The molecular formula is C11H18N2. The van der Waals surface area contributed by atoms with Crippen LogP contribution in [-0.4, -0.2) is 24.5 Å². The fraction of sp³-hybridized carbons (Fsp3) is 0.727. The van der Waals surface area contributed by atoms with Crippen LogP contribution in [0.3, 0.4) is 0 Å². The topological polar surface area (TPSA) is 27.0 Å². The first-order valence-electron chi connectivity index (χ1n) is 5.16. The predicted molar refractivity (Wildman–Crippen MR) is 54.3 cm³/mol. The second-order valence-electron chi connectivity index (χ2n) is 3.63. The van der Waals surface area contributed by atoms with Crippen molar-refractivity contribution in [1.29, 1.82) is 5.26 Å². The van der Waals surface area contributed by atoms with Crippen molar-refractivity contribution in [2.45, 2.75) is 32.6 Å². The molecule has 2 nitrogen and oxygen atoms in total. The molecule has 0 aromatic rings. The fourth-order valence-electron chi connectivity index (χ4n) is 1.84. The molecule has 2 heteroatoms. The molecule has 0 aliphatic carbocycles. The Morgan fingerprint density at radius 2 is 2.31 bits per heavy atom. The molecule has 1 heterocycles. The van der Waals surface area contributed by atoms with Gasteiger partial charge in [-0.2, -0.15) is 5.26 Å². The number of nitrogens with zero attached hydrogens (tertiary/aromatic N) is 2. The molecule has 1 rings (SSSR count). The minimum absolute atomic E-state index is 1.09. The van der Waals surface area contributed by atoms with Crippen molar-refractivity contribution < 1.29 is 0 Å². The molecule has 0 bridgehead atoms. The molecule has 0 saturated carbocycles. The highest BCUT2D eigenvalue weighted by Gasteiger charge is 2.10. The van der Waals surface area contributed by atoms with E-state index in [0.717, 1.165) is 19.4 Å². The summed E-state index contributed by atoms with van der Waals surface area (Å²) in [5.41, 5.74) is 1.33. The average molecular weight is 178 g/mol. The van der Waals surface area contributed by atoms with Gasteiger partial charge in [0, 0.05) is 12.6 Å². The van der Waals surface area contributed by atoms with Gasteiger partial charge in [-0.05, 0) is 38.8 Å². The van der Waals surface area contributed by atoms with Crippen LogP contribution in [0.25, 0.3) is 0 Å². The molecule has 0 atom stereocenters. The summed E-state index contributed by atoms with van der Waals surface area (Å²) in [4.78, 5) is 2.50. The molecule has 1 fully saturated rings. The zero-order valence-electron chi connectivity index (χ0n) is 8.42. The molecule has 0 N–H and O–H groups in total. The molecule has 13 heavy (non-hydrogen) atoms. The lowest BCUT2D eigenvalue weighted by Crippen LogP contribution is -2.25. The van der Waals surface area contributed by atoms with Crippen LogP contribution in [0.4, 0.5) is 0 Å². The number of hydrogen-bond acceptors (Lipinski definition) is 2. The van der Waals surface area contributed by atoms with E-state index in [9.17, 15) is 0 Å². The van der Waals surface area contributed by atoms with Gasteiger partial charge in [-0.25, -0.2) is 0 Å². The van der Waals surface area contributed by atoms with Crippen molar-refractivity contribution in [2.75, 3.05) is 19.6 Å². The average Bonchev–Trinajstić information content (AvgIpc) is 2.33. The van der Waals surface area contributed by atoms with Gasteiger partial charge >= 0.3 is 0 Å². The van der Waals surface area contributed by atoms with Crippen LogP contribution in [0.2, 0.25) is 0 Å². The van der Waals surface area contributed by atoms with Crippen LogP contribution < -0.4 is 0 Å². The molecule has 0 radical (unpaired) electrons. The Morgan fingerprint density at radius 1 is 1.46 bits per heavy atom.